The number of pyridine rings is 2. The SMILES string of the molecule is CCCn1nc(C(=O)NCCc2ccccn2)c2ccc(NC(=O)c3ccc(C)cc3)nc21. The van der Waals surface area contributed by atoms with Crippen molar-refractivity contribution in [3.8, 4) is 0 Å². The summed E-state index contributed by atoms with van der Waals surface area (Å²) in [6.45, 7) is 5.07. The van der Waals surface area contributed by atoms with Crippen LogP contribution >= 0.6 is 0 Å². The topological polar surface area (TPSA) is 102 Å². The average Bonchev–Trinajstić information content (AvgIpc) is 3.18. The molecule has 0 atom stereocenters. The van der Waals surface area contributed by atoms with E-state index < -0.39 is 0 Å². The van der Waals surface area contributed by atoms with Crippen molar-refractivity contribution in [1.29, 1.82) is 0 Å². The van der Waals surface area contributed by atoms with Crippen molar-refractivity contribution in [3.63, 3.8) is 0 Å². The van der Waals surface area contributed by atoms with Gasteiger partial charge in [0.2, 0.25) is 0 Å². The molecule has 4 aromatic rings. The molecule has 4 rings (SSSR count). The number of carbonyl (C=O) groups is 2. The van der Waals surface area contributed by atoms with Crippen molar-refractivity contribution in [2.75, 3.05) is 11.9 Å². The Labute approximate surface area is 192 Å². The molecule has 0 fully saturated rings. The fraction of sp³-hybridized carbons (Fsp3) is 0.240. The van der Waals surface area contributed by atoms with Crippen LogP contribution < -0.4 is 10.6 Å². The highest BCUT2D eigenvalue weighted by Crippen LogP contribution is 2.20. The maximum absolute atomic E-state index is 12.8. The highest BCUT2D eigenvalue weighted by molar-refractivity contribution is 6.06. The van der Waals surface area contributed by atoms with Gasteiger partial charge >= 0.3 is 0 Å². The number of benzene rings is 1. The molecular weight excluding hydrogens is 416 g/mol. The minimum atomic E-state index is -0.260. The van der Waals surface area contributed by atoms with Gasteiger partial charge in [-0.15, -0.1) is 0 Å². The quantitative estimate of drug-likeness (QED) is 0.433. The fourth-order valence-electron chi connectivity index (χ4n) is 3.48. The molecule has 2 amide bonds. The smallest absolute Gasteiger partial charge is 0.272 e. The number of amides is 2. The standard InChI is InChI=1S/C25H26N6O2/c1-3-16-31-23-20(22(30-31)25(33)27-15-13-19-6-4-5-14-26-19)11-12-21(28-23)29-24(32)18-9-7-17(2)8-10-18/h4-12,14H,3,13,15-16H2,1-2H3,(H,27,33)(H,28,29,32). The Morgan fingerprint density at radius 1 is 1.00 bits per heavy atom. The zero-order chi connectivity index (χ0) is 23.2. The van der Waals surface area contributed by atoms with Gasteiger partial charge in [-0.1, -0.05) is 30.7 Å². The first-order chi connectivity index (χ1) is 16.0. The summed E-state index contributed by atoms with van der Waals surface area (Å²) < 4.78 is 1.71. The van der Waals surface area contributed by atoms with E-state index in [0.717, 1.165) is 17.7 Å². The first-order valence-corrected chi connectivity index (χ1v) is 11.0. The number of hydrogen-bond acceptors (Lipinski definition) is 5. The number of aromatic nitrogens is 4. The van der Waals surface area contributed by atoms with Gasteiger partial charge in [-0.2, -0.15) is 5.10 Å². The Bertz CT molecular complexity index is 1270. The van der Waals surface area contributed by atoms with E-state index in [9.17, 15) is 9.59 Å². The van der Waals surface area contributed by atoms with Gasteiger partial charge in [0.1, 0.15) is 5.82 Å². The second kappa shape index (κ2) is 10.0. The number of rotatable bonds is 8. The zero-order valence-electron chi connectivity index (χ0n) is 18.7. The first kappa shape index (κ1) is 22.1. The monoisotopic (exact) mass is 442 g/mol. The lowest BCUT2D eigenvalue weighted by Crippen LogP contribution is -2.26. The van der Waals surface area contributed by atoms with Crippen LogP contribution in [0, 0.1) is 6.92 Å². The third kappa shape index (κ3) is 5.23. The molecule has 8 nitrogen and oxygen atoms in total. The molecule has 0 saturated carbocycles. The fourth-order valence-corrected chi connectivity index (χ4v) is 3.48. The lowest BCUT2D eigenvalue weighted by molar-refractivity contribution is 0.0949. The molecule has 0 saturated heterocycles. The summed E-state index contributed by atoms with van der Waals surface area (Å²) in [7, 11) is 0. The molecule has 0 aliphatic carbocycles. The van der Waals surface area contributed by atoms with Crippen LogP contribution in [0.5, 0.6) is 0 Å². The summed E-state index contributed by atoms with van der Waals surface area (Å²) >= 11 is 0. The second-order valence-corrected chi connectivity index (χ2v) is 7.79. The average molecular weight is 443 g/mol. The first-order valence-electron chi connectivity index (χ1n) is 11.0. The van der Waals surface area contributed by atoms with Crippen molar-refractivity contribution in [3.05, 3.63) is 83.3 Å². The number of carbonyl (C=O) groups excluding carboxylic acids is 2. The van der Waals surface area contributed by atoms with Crippen LogP contribution in [-0.2, 0) is 13.0 Å². The van der Waals surface area contributed by atoms with E-state index >= 15 is 0 Å². The maximum Gasteiger partial charge on any atom is 0.272 e. The molecule has 0 aliphatic heterocycles. The molecule has 0 unspecified atom stereocenters. The van der Waals surface area contributed by atoms with Gasteiger partial charge in [0, 0.05) is 37.0 Å². The molecule has 8 heteroatoms. The predicted molar refractivity (Wildman–Crippen MR) is 127 cm³/mol. The van der Waals surface area contributed by atoms with Crippen LogP contribution in [0.4, 0.5) is 5.82 Å². The van der Waals surface area contributed by atoms with E-state index in [0.29, 0.717) is 47.6 Å². The predicted octanol–water partition coefficient (Wildman–Crippen LogP) is 3.77. The number of nitrogens with one attached hydrogen (secondary N) is 2. The molecule has 168 valence electrons. The zero-order valence-corrected chi connectivity index (χ0v) is 18.7. The third-order valence-electron chi connectivity index (χ3n) is 5.19. The molecule has 0 bridgehead atoms. The maximum atomic E-state index is 12.8. The summed E-state index contributed by atoms with van der Waals surface area (Å²) in [5, 5.41) is 10.9. The number of hydrogen-bond donors (Lipinski definition) is 2. The van der Waals surface area contributed by atoms with E-state index in [2.05, 4.69) is 25.7 Å². The van der Waals surface area contributed by atoms with Crippen molar-refractivity contribution in [2.24, 2.45) is 0 Å². The minimum Gasteiger partial charge on any atom is -0.350 e. The van der Waals surface area contributed by atoms with Gasteiger partial charge in [0.15, 0.2) is 11.3 Å². The molecule has 0 spiro atoms. The second-order valence-electron chi connectivity index (χ2n) is 7.79. The van der Waals surface area contributed by atoms with Gasteiger partial charge in [-0.05, 0) is 49.7 Å². The van der Waals surface area contributed by atoms with Gasteiger partial charge in [-0.25, -0.2) is 9.67 Å². The van der Waals surface area contributed by atoms with Gasteiger partial charge < -0.3 is 10.6 Å². The highest BCUT2D eigenvalue weighted by atomic mass is 16.2. The van der Waals surface area contributed by atoms with Crippen molar-refractivity contribution < 1.29 is 9.59 Å². The van der Waals surface area contributed by atoms with Crippen molar-refractivity contribution in [1.82, 2.24) is 25.1 Å². The number of aryl methyl sites for hydroxylation is 2. The van der Waals surface area contributed by atoms with Crippen LogP contribution in [0.2, 0.25) is 0 Å². The molecule has 2 N–H and O–H groups in total. The van der Waals surface area contributed by atoms with Gasteiger partial charge in [-0.3, -0.25) is 14.6 Å². The molecule has 1 aromatic carbocycles. The Morgan fingerprint density at radius 2 is 1.82 bits per heavy atom. The van der Waals surface area contributed by atoms with E-state index in [-0.39, 0.29) is 11.8 Å². The van der Waals surface area contributed by atoms with E-state index in [1.807, 2.05) is 44.2 Å². The Balaban J connectivity index is 1.52. The van der Waals surface area contributed by atoms with Gasteiger partial charge in [0.25, 0.3) is 11.8 Å². The number of fused-ring (bicyclic) bond motifs is 1. The van der Waals surface area contributed by atoms with Gasteiger partial charge in [0.05, 0.1) is 5.39 Å². The summed E-state index contributed by atoms with van der Waals surface area (Å²) in [6, 6.07) is 16.5. The molecular formula is C25H26N6O2. The van der Waals surface area contributed by atoms with Crippen molar-refractivity contribution in [2.45, 2.75) is 33.2 Å². The summed E-state index contributed by atoms with van der Waals surface area (Å²) in [4.78, 5) is 34.3. The minimum absolute atomic E-state index is 0.240. The molecule has 0 aliphatic rings. The molecule has 3 aromatic heterocycles. The van der Waals surface area contributed by atoms with E-state index in [4.69, 9.17) is 0 Å². The summed E-state index contributed by atoms with van der Waals surface area (Å²) in [5.74, 6) is -0.0904. The lowest BCUT2D eigenvalue weighted by atomic mass is 10.1. The Kier molecular flexibility index (Phi) is 6.73. The van der Waals surface area contributed by atoms with Crippen LogP contribution in [0.25, 0.3) is 11.0 Å². The van der Waals surface area contributed by atoms with Crippen LogP contribution in [0.15, 0.2) is 60.8 Å². The summed E-state index contributed by atoms with van der Waals surface area (Å²) in [5.41, 5.74) is 3.43. The van der Waals surface area contributed by atoms with Crippen molar-refractivity contribution >= 4 is 28.7 Å². The van der Waals surface area contributed by atoms with Crippen LogP contribution in [0.3, 0.4) is 0 Å². The highest BCUT2D eigenvalue weighted by Gasteiger charge is 2.19. The third-order valence-corrected chi connectivity index (χ3v) is 5.19. The Morgan fingerprint density at radius 3 is 2.55 bits per heavy atom. The molecule has 0 radical (unpaired) electrons. The number of anilines is 1. The number of nitrogens with zero attached hydrogens (tertiary/aromatic N) is 4. The Hall–Kier alpha value is -4.07. The molecule has 33 heavy (non-hydrogen) atoms. The lowest BCUT2D eigenvalue weighted by Gasteiger charge is -2.06. The van der Waals surface area contributed by atoms with Crippen LogP contribution in [-0.4, -0.2) is 38.1 Å². The van der Waals surface area contributed by atoms with E-state index in [1.165, 1.54) is 0 Å². The largest absolute Gasteiger partial charge is 0.350 e. The summed E-state index contributed by atoms with van der Waals surface area (Å²) in [6.07, 6.45) is 3.20. The normalized spacial score (nSPS) is 10.8. The molecule has 3 heterocycles. The van der Waals surface area contributed by atoms with E-state index in [1.54, 1.807) is 35.1 Å². The van der Waals surface area contributed by atoms with Crippen LogP contribution in [0.1, 0.15) is 45.4 Å².